The van der Waals surface area contributed by atoms with Gasteiger partial charge in [-0.3, -0.25) is 4.79 Å². The van der Waals surface area contributed by atoms with Gasteiger partial charge >= 0.3 is 0 Å². The minimum Gasteiger partial charge on any atom is -0.347 e. The first kappa shape index (κ1) is 18.7. The molecule has 144 valence electrons. The molecule has 1 heterocycles. The van der Waals surface area contributed by atoms with Crippen LogP contribution in [0.15, 0.2) is 110 Å². The van der Waals surface area contributed by atoms with E-state index in [1.54, 1.807) is 12.5 Å². The lowest BCUT2D eigenvalue weighted by Crippen LogP contribution is -2.35. The molecule has 1 amide bonds. The van der Waals surface area contributed by atoms with Crippen molar-refractivity contribution in [2.75, 3.05) is 0 Å². The average molecular weight is 381 g/mol. The minimum absolute atomic E-state index is 0.0173. The third kappa shape index (κ3) is 4.61. The lowest BCUT2D eigenvalue weighted by Gasteiger charge is -2.24. The maximum absolute atomic E-state index is 13.5. The summed E-state index contributed by atoms with van der Waals surface area (Å²) in [6, 6.07) is 29.7. The SMILES string of the molecule is O=C(NC(Cn1ccnc1)c1ccccc1)C(c1ccccc1)c1ccccc1. The van der Waals surface area contributed by atoms with E-state index in [1.165, 1.54) is 0 Å². The van der Waals surface area contributed by atoms with Crippen LogP contribution in [0.5, 0.6) is 0 Å². The second kappa shape index (κ2) is 9.02. The van der Waals surface area contributed by atoms with Gasteiger partial charge in [0.15, 0.2) is 0 Å². The molecule has 4 heteroatoms. The van der Waals surface area contributed by atoms with Crippen LogP contribution in [0.4, 0.5) is 0 Å². The molecule has 1 atom stereocenters. The number of nitrogens with zero attached hydrogens (tertiary/aromatic N) is 2. The van der Waals surface area contributed by atoms with Crippen molar-refractivity contribution < 1.29 is 4.79 Å². The van der Waals surface area contributed by atoms with Gasteiger partial charge in [-0.15, -0.1) is 0 Å². The summed E-state index contributed by atoms with van der Waals surface area (Å²) in [5.41, 5.74) is 3.02. The number of benzene rings is 3. The summed E-state index contributed by atoms with van der Waals surface area (Å²) >= 11 is 0. The standard InChI is InChI=1S/C25H23N3O/c29-25(24(21-12-6-2-7-13-21)22-14-8-3-9-15-22)27-23(18-28-17-16-26-19-28)20-10-4-1-5-11-20/h1-17,19,23-24H,18H2,(H,27,29). The highest BCUT2D eigenvalue weighted by molar-refractivity contribution is 5.87. The molecular weight excluding hydrogens is 358 g/mol. The van der Waals surface area contributed by atoms with Gasteiger partial charge in [0, 0.05) is 18.9 Å². The molecule has 0 radical (unpaired) electrons. The Balaban J connectivity index is 1.65. The number of amides is 1. The minimum atomic E-state index is -0.369. The van der Waals surface area contributed by atoms with Gasteiger partial charge in [0.05, 0.1) is 18.3 Å². The molecular formula is C25H23N3O. The fourth-order valence-electron chi connectivity index (χ4n) is 3.57. The maximum Gasteiger partial charge on any atom is 0.232 e. The van der Waals surface area contributed by atoms with Crippen LogP contribution in [0.25, 0.3) is 0 Å². The smallest absolute Gasteiger partial charge is 0.232 e. The molecule has 0 saturated carbocycles. The topological polar surface area (TPSA) is 46.9 Å². The Morgan fingerprint density at radius 1 is 0.793 bits per heavy atom. The molecule has 1 unspecified atom stereocenters. The molecule has 1 N–H and O–H groups in total. The maximum atomic E-state index is 13.5. The van der Waals surface area contributed by atoms with E-state index in [0.717, 1.165) is 16.7 Å². The zero-order chi connectivity index (χ0) is 19.9. The second-order valence-corrected chi connectivity index (χ2v) is 6.99. The van der Waals surface area contributed by atoms with E-state index in [9.17, 15) is 4.79 Å². The van der Waals surface area contributed by atoms with Gasteiger partial charge in [-0.25, -0.2) is 4.98 Å². The third-order valence-corrected chi connectivity index (χ3v) is 5.00. The normalized spacial score (nSPS) is 11.9. The van der Waals surface area contributed by atoms with Gasteiger partial charge in [-0.1, -0.05) is 91.0 Å². The molecule has 0 aliphatic carbocycles. The van der Waals surface area contributed by atoms with Crippen LogP contribution in [-0.4, -0.2) is 15.5 Å². The number of hydrogen-bond acceptors (Lipinski definition) is 2. The Labute approximate surface area is 170 Å². The molecule has 0 fully saturated rings. The largest absolute Gasteiger partial charge is 0.347 e. The van der Waals surface area contributed by atoms with Gasteiger partial charge in [0.25, 0.3) is 0 Å². The van der Waals surface area contributed by atoms with Gasteiger partial charge in [0.1, 0.15) is 0 Å². The summed E-state index contributed by atoms with van der Waals surface area (Å²) in [4.78, 5) is 17.6. The predicted molar refractivity (Wildman–Crippen MR) is 114 cm³/mol. The number of imidazole rings is 1. The fourth-order valence-corrected chi connectivity index (χ4v) is 3.57. The van der Waals surface area contributed by atoms with Crippen LogP contribution in [0.1, 0.15) is 28.7 Å². The number of aromatic nitrogens is 2. The number of nitrogens with one attached hydrogen (secondary N) is 1. The van der Waals surface area contributed by atoms with Crippen LogP contribution in [0.3, 0.4) is 0 Å². The van der Waals surface area contributed by atoms with E-state index in [4.69, 9.17) is 0 Å². The summed E-state index contributed by atoms with van der Waals surface area (Å²) in [6.45, 7) is 0.617. The first-order chi connectivity index (χ1) is 14.3. The molecule has 0 bridgehead atoms. The van der Waals surface area contributed by atoms with E-state index in [1.807, 2.05) is 102 Å². The number of carbonyl (C=O) groups is 1. The Morgan fingerprint density at radius 3 is 1.79 bits per heavy atom. The zero-order valence-corrected chi connectivity index (χ0v) is 16.1. The van der Waals surface area contributed by atoms with Crippen molar-refractivity contribution in [1.29, 1.82) is 0 Å². The fraction of sp³-hybridized carbons (Fsp3) is 0.120. The van der Waals surface area contributed by atoms with Crippen LogP contribution in [0.2, 0.25) is 0 Å². The lowest BCUT2D eigenvalue weighted by molar-refractivity contribution is -0.122. The van der Waals surface area contributed by atoms with Crippen molar-refractivity contribution in [1.82, 2.24) is 14.9 Å². The van der Waals surface area contributed by atoms with Crippen molar-refractivity contribution in [3.63, 3.8) is 0 Å². The van der Waals surface area contributed by atoms with Crippen LogP contribution < -0.4 is 5.32 Å². The molecule has 4 nitrogen and oxygen atoms in total. The van der Waals surface area contributed by atoms with Crippen molar-refractivity contribution in [2.24, 2.45) is 0 Å². The first-order valence-corrected chi connectivity index (χ1v) is 9.72. The summed E-state index contributed by atoms with van der Waals surface area (Å²) in [6.07, 6.45) is 5.43. The van der Waals surface area contributed by atoms with Gasteiger partial charge in [-0.05, 0) is 16.7 Å². The Bertz CT molecular complexity index is 976. The highest BCUT2D eigenvalue weighted by Crippen LogP contribution is 2.26. The van der Waals surface area contributed by atoms with Crippen molar-refractivity contribution in [3.05, 3.63) is 126 Å². The van der Waals surface area contributed by atoms with Crippen LogP contribution in [0, 0.1) is 0 Å². The summed E-state index contributed by atoms with van der Waals surface area (Å²) in [5.74, 6) is -0.386. The molecule has 3 aromatic carbocycles. The van der Waals surface area contributed by atoms with E-state index in [0.29, 0.717) is 6.54 Å². The summed E-state index contributed by atoms with van der Waals surface area (Å²) < 4.78 is 1.98. The quantitative estimate of drug-likeness (QED) is 0.510. The predicted octanol–water partition coefficient (Wildman–Crippen LogP) is 4.57. The third-order valence-electron chi connectivity index (χ3n) is 5.00. The Hall–Kier alpha value is -3.66. The molecule has 4 aromatic rings. The molecule has 0 aliphatic rings. The Kier molecular flexibility index (Phi) is 5.81. The van der Waals surface area contributed by atoms with E-state index < -0.39 is 0 Å². The van der Waals surface area contributed by atoms with Crippen LogP contribution in [-0.2, 0) is 11.3 Å². The van der Waals surface area contributed by atoms with E-state index in [2.05, 4.69) is 10.3 Å². The Morgan fingerprint density at radius 2 is 1.31 bits per heavy atom. The summed E-state index contributed by atoms with van der Waals surface area (Å²) in [7, 11) is 0. The monoisotopic (exact) mass is 381 g/mol. The van der Waals surface area contributed by atoms with E-state index >= 15 is 0 Å². The highest BCUT2D eigenvalue weighted by Gasteiger charge is 2.25. The van der Waals surface area contributed by atoms with Crippen LogP contribution >= 0.6 is 0 Å². The number of rotatable bonds is 7. The molecule has 1 aromatic heterocycles. The molecule has 0 spiro atoms. The number of carbonyl (C=O) groups excluding carboxylic acids is 1. The van der Waals surface area contributed by atoms with Crippen molar-refractivity contribution >= 4 is 5.91 Å². The van der Waals surface area contributed by atoms with Gasteiger partial charge in [-0.2, -0.15) is 0 Å². The molecule has 29 heavy (non-hydrogen) atoms. The van der Waals surface area contributed by atoms with Gasteiger partial charge < -0.3 is 9.88 Å². The molecule has 0 saturated heterocycles. The van der Waals surface area contributed by atoms with E-state index in [-0.39, 0.29) is 17.9 Å². The zero-order valence-electron chi connectivity index (χ0n) is 16.1. The molecule has 0 aliphatic heterocycles. The van der Waals surface area contributed by atoms with Crippen molar-refractivity contribution in [2.45, 2.75) is 18.5 Å². The van der Waals surface area contributed by atoms with Crippen molar-refractivity contribution in [3.8, 4) is 0 Å². The first-order valence-electron chi connectivity index (χ1n) is 9.72. The molecule has 4 rings (SSSR count). The highest BCUT2D eigenvalue weighted by atomic mass is 16.2. The van der Waals surface area contributed by atoms with Gasteiger partial charge in [0.2, 0.25) is 5.91 Å². The summed E-state index contributed by atoms with van der Waals surface area (Å²) in [5, 5.41) is 3.28. The second-order valence-electron chi connectivity index (χ2n) is 6.99. The average Bonchev–Trinajstić information content (AvgIpc) is 3.29. The number of hydrogen-bond donors (Lipinski definition) is 1. The lowest BCUT2D eigenvalue weighted by atomic mass is 9.90.